The first-order valence-corrected chi connectivity index (χ1v) is 7.05. The van der Waals surface area contributed by atoms with Crippen molar-refractivity contribution >= 4 is 0 Å². The molecule has 0 atom stereocenters. The molecule has 0 spiro atoms. The highest BCUT2D eigenvalue weighted by Crippen LogP contribution is 2.55. The van der Waals surface area contributed by atoms with Gasteiger partial charge in [-0.05, 0) is 42.9 Å². The van der Waals surface area contributed by atoms with Crippen molar-refractivity contribution in [2.45, 2.75) is 45.4 Å². The molecule has 1 aliphatic carbocycles. The fraction of sp³-hybridized carbons (Fsp3) is 0.625. The second kappa shape index (κ2) is 5.20. The number of nitrogens with one attached hydrogen (secondary N) is 1. The first-order valence-electron chi connectivity index (χ1n) is 7.05. The van der Waals surface area contributed by atoms with Gasteiger partial charge < -0.3 is 5.32 Å². The lowest BCUT2D eigenvalue weighted by Crippen LogP contribution is -2.53. The molecule has 1 aromatic carbocycles. The van der Waals surface area contributed by atoms with Gasteiger partial charge in [-0.1, -0.05) is 26.8 Å². The van der Waals surface area contributed by atoms with Crippen LogP contribution in [-0.2, 0) is 5.41 Å². The second-order valence-corrected chi connectivity index (χ2v) is 6.60. The van der Waals surface area contributed by atoms with Crippen LogP contribution < -0.4 is 5.32 Å². The monoisotopic (exact) mass is 267 g/mol. The molecule has 0 bridgehead atoms. The molecule has 0 heterocycles. The highest BCUT2D eigenvalue weighted by molar-refractivity contribution is 5.32. The molecule has 0 unspecified atom stereocenters. The van der Waals surface area contributed by atoms with Gasteiger partial charge in [0.25, 0.3) is 0 Å². The molecule has 1 aliphatic rings. The van der Waals surface area contributed by atoms with Crippen molar-refractivity contribution in [1.29, 1.82) is 0 Å². The van der Waals surface area contributed by atoms with E-state index in [1.807, 2.05) is 0 Å². The van der Waals surface area contributed by atoms with Crippen LogP contribution in [0.15, 0.2) is 18.2 Å². The molecular formula is C16H23F2N. The summed E-state index contributed by atoms with van der Waals surface area (Å²) >= 11 is 0. The zero-order valence-corrected chi connectivity index (χ0v) is 12.0. The van der Waals surface area contributed by atoms with Crippen molar-refractivity contribution in [2.75, 3.05) is 13.1 Å². The average Bonchev–Trinajstić information content (AvgIpc) is 2.26. The van der Waals surface area contributed by atoms with E-state index in [0.717, 1.165) is 38.4 Å². The molecule has 0 saturated heterocycles. The predicted molar refractivity (Wildman–Crippen MR) is 74.2 cm³/mol. The minimum Gasteiger partial charge on any atom is -0.316 e. The molecular weight excluding hydrogens is 244 g/mol. The van der Waals surface area contributed by atoms with Crippen LogP contribution in [0, 0.1) is 17.0 Å². The fourth-order valence-corrected chi connectivity index (χ4v) is 3.62. The molecule has 1 aromatic rings. The van der Waals surface area contributed by atoms with E-state index in [4.69, 9.17) is 0 Å². The summed E-state index contributed by atoms with van der Waals surface area (Å²) in [4.78, 5) is 0. The Bertz CT molecular complexity index is 446. The minimum absolute atomic E-state index is 0.170. The Labute approximate surface area is 114 Å². The lowest BCUT2D eigenvalue weighted by atomic mass is 9.52. The Morgan fingerprint density at radius 1 is 1.21 bits per heavy atom. The van der Waals surface area contributed by atoms with E-state index in [1.165, 1.54) is 6.07 Å². The van der Waals surface area contributed by atoms with E-state index in [9.17, 15) is 8.78 Å². The van der Waals surface area contributed by atoms with E-state index < -0.39 is 11.6 Å². The molecule has 1 nitrogen and oxygen atoms in total. The molecule has 1 fully saturated rings. The van der Waals surface area contributed by atoms with Crippen molar-refractivity contribution in [3.05, 3.63) is 35.4 Å². The van der Waals surface area contributed by atoms with Crippen LogP contribution in [0.4, 0.5) is 8.78 Å². The summed E-state index contributed by atoms with van der Waals surface area (Å²) in [5.41, 5.74) is 0.738. The van der Waals surface area contributed by atoms with Crippen molar-refractivity contribution in [2.24, 2.45) is 5.41 Å². The van der Waals surface area contributed by atoms with Gasteiger partial charge in [0, 0.05) is 18.0 Å². The van der Waals surface area contributed by atoms with Gasteiger partial charge >= 0.3 is 0 Å². The maximum atomic E-state index is 14.1. The third kappa shape index (κ3) is 2.97. The summed E-state index contributed by atoms with van der Waals surface area (Å²) < 4.78 is 27.1. The summed E-state index contributed by atoms with van der Waals surface area (Å²) in [6.45, 7) is 8.22. The zero-order chi connectivity index (χ0) is 14.1. The van der Waals surface area contributed by atoms with Gasteiger partial charge in [-0.2, -0.15) is 0 Å². The maximum Gasteiger partial charge on any atom is 0.129 e. The van der Waals surface area contributed by atoms with Crippen LogP contribution in [-0.4, -0.2) is 13.1 Å². The fourth-order valence-electron chi connectivity index (χ4n) is 3.62. The van der Waals surface area contributed by atoms with Gasteiger partial charge in [0.15, 0.2) is 0 Å². The van der Waals surface area contributed by atoms with Gasteiger partial charge in [0.2, 0.25) is 0 Å². The van der Waals surface area contributed by atoms with E-state index in [2.05, 4.69) is 26.1 Å². The Kier molecular flexibility index (Phi) is 3.95. The van der Waals surface area contributed by atoms with Gasteiger partial charge in [-0.3, -0.25) is 0 Å². The predicted octanol–water partition coefficient (Wildman–Crippen LogP) is 4.02. The van der Waals surface area contributed by atoms with Crippen LogP contribution in [0.5, 0.6) is 0 Å². The number of benzene rings is 1. The lowest BCUT2D eigenvalue weighted by Gasteiger charge is -2.54. The van der Waals surface area contributed by atoms with Crippen molar-refractivity contribution in [1.82, 2.24) is 5.32 Å². The number of hydrogen-bond acceptors (Lipinski definition) is 1. The Hall–Kier alpha value is -0.960. The maximum absolute atomic E-state index is 14.1. The van der Waals surface area contributed by atoms with Crippen LogP contribution in [0.3, 0.4) is 0 Å². The molecule has 0 aromatic heterocycles. The van der Waals surface area contributed by atoms with Crippen molar-refractivity contribution < 1.29 is 8.78 Å². The third-order valence-corrected chi connectivity index (χ3v) is 4.03. The number of rotatable bonds is 5. The second-order valence-electron chi connectivity index (χ2n) is 6.60. The highest BCUT2D eigenvalue weighted by atomic mass is 19.1. The topological polar surface area (TPSA) is 12.0 Å². The molecule has 1 saturated carbocycles. The normalized spacial score (nSPS) is 20.1. The number of hydrogen-bond donors (Lipinski definition) is 1. The largest absolute Gasteiger partial charge is 0.316 e. The number of halogens is 2. The van der Waals surface area contributed by atoms with E-state index >= 15 is 0 Å². The zero-order valence-electron chi connectivity index (χ0n) is 12.0. The molecule has 0 radical (unpaired) electrons. The van der Waals surface area contributed by atoms with Crippen LogP contribution >= 0.6 is 0 Å². The molecule has 0 amide bonds. The van der Waals surface area contributed by atoms with Crippen LogP contribution in [0.25, 0.3) is 0 Å². The minimum atomic E-state index is -0.503. The van der Waals surface area contributed by atoms with Crippen LogP contribution in [0.2, 0.25) is 0 Å². The SMILES string of the molecule is CCCNCC1(c2ccc(F)cc2F)CC(C)(C)C1. The van der Waals surface area contributed by atoms with Crippen molar-refractivity contribution in [3.63, 3.8) is 0 Å². The molecule has 106 valence electrons. The first-order chi connectivity index (χ1) is 8.88. The summed E-state index contributed by atoms with van der Waals surface area (Å²) in [7, 11) is 0. The molecule has 2 rings (SSSR count). The smallest absolute Gasteiger partial charge is 0.129 e. The van der Waals surface area contributed by atoms with Gasteiger partial charge in [0.1, 0.15) is 11.6 Å². The van der Waals surface area contributed by atoms with Gasteiger partial charge in [-0.15, -0.1) is 0 Å². The summed E-state index contributed by atoms with van der Waals surface area (Å²) in [5, 5.41) is 3.40. The molecule has 19 heavy (non-hydrogen) atoms. The summed E-state index contributed by atoms with van der Waals surface area (Å²) in [6.07, 6.45) is 2.95. The lowest BCUT2D eigenvalue weighted by molar-refractivity contribution is 0.0536. The van der Waals surface area contributed by atoms with Crippen LogP contribution in [0.1, 0.15) is 45.6 Å². The first kappa shape index (κ1) is 14.4. The summed E-state index contributed by atoms with van der Waals surface area (Å²) in [5.74, 6) is -0.912. The average molecular weight is 267 g/mol. The van der Waals surface area contributed by atoms with Crippen molar-refractivity contribution in [3.8, 4) is 0 Å². The third-order valence-electron chi connectivity index (χ3n) is 4.03. The van der Waals surface area contributed by atoms with E-state index in [1.54, 1.807) is 6.07 Å². The summed E-state index contributed by atoms with van der Waals surface area (Å²) in [6, 6.07) is 3.99. The highest BCUT2D eigenvalue weighted by Gasteiger charge is 2.50. The quantitative estimate of drug-likeness (QED) is 0.794. The van der Waals surface area contributed by atoms with Gasteiger partial charge in [-0.25, -0.2) is 8.78 Å². The Morgan fingerprint density at radius 2 is 1.89 bits per heavy atom. The Balaban J connectivity index is 2.23. The molecule has 0 aliphatic heterocycles. The molecule has 3 heteroatoms. The molecule has 1 N–H and O–H groups in total. The van der Waals surface area contributed by atoms with E-state index in [0.29, 0.717) is 5.56 Å². The Morgan fingerprint density at radius 3 is 2.42 bits per heavy atom. The standard InChI is InChI=1S/C16H23F2N/c1-4-7-19-11-16(9-15(2,3)10-16)13-6-5-12(17)8-14(13)18/h5-6,8,19H,4,7,9-11H2,1-3H3. The van der Waals surface area contributed by atoms with Gasteiger partial charge in [0.05, 0.1) is 0 Å². The van der Waals surface area contributed by atoms with E-state index in [-0.39, 0.29) is 10.8 Å².